The minimum atomic E-state index is -0.107. The highest BCUT2D eigenvalue weighted by Gasteiger charge is 2.24. The number of carbonyl (C=O) groups excluding carboxylic acids is 1. The molecule has 0 saturated heterocycles. The van der Waals surface area contributed by atoms with Gasteiger partial charge >= 0.3 is 0 Å². The van der Waals surface area contributed by atoms with E-state index in [1.807, 2.05) is 97.1 Å². The summed E-state index contributed by atoms with van der Waals surface area (Å²) in [6, 6.07) is 36.1. The van der Waals surface area contributed by atoms with Crippen molar-refractivity contribution >= 4 is 38.3 Å². The van der Waals surface area contributed by atoms with Crippen molar-refractivity contribution in [1.82, 2.24) is 0 Å². The Morgan fingerprint density at radius 3 is 2.13 bits per heavy atom. The maximum Gasteiger partial charge on any atom is 0.228 e. The second kappa shape index (κ2) is 6.96. The summed E-state index contributed by atoms with van der Waals surface area (Å²) >= 11 is 0. The Morgan fingerprint density at radius 1 is 0.613 bits per heavy atom. The Balaban J connectivity index is 1.65. The van der Waals surface area contributed by atoms with Crippen molar-refractivity contribution in [3.63, 3.8) is 0 Å². The summed E-state index contributed by atoms with van der Waals surface area (Å²) in [5.41, 5.74) is 3.17. The van der Waals surface area contributed by atoms with Gasteiger partial charge in [0.2, 0.25) is 5.78 Å². The normalized spacial score (nSPS) is 11.4. The monoisotopic (exact) mass is 398 g/mol. The van der Waals surface area contributed by atoms with Crippen molar-refractivity contribution in [1.29, 1.82) is 0 Å². The van der Waals surface area contributed by atoms with E-state index < -0.39 is 0 Å². The van der Waals surface area contributed by atoms with Crippen LogP contribution in [-0.4, -0.2) is 5.78 Å². The largest absolute Gasteiger partial charge is 0.452 e. The van der Waals surface area contributed by atoms with E-state index in [0.717, 1.165) is 43.6 Å². The smallest absolute Gasteiger partial charge is 0.228 e. The molecular weight excluding hydrogens is 380 g/mol. The molecular formula is C29H18O2. The summed E-state index contributed by atoms with van der Waals surface area (Å²) in [6.45, 7) is 0. The Kier molecular flexibility index (Phi) is 3.97. The highest BCUT2D eigenvalue weighted by Crippen LogP contribution is 2.40. The van der Waals surface area contributed by atoms with Gasteiger partial charge in [-0.25, -0.2) is 0 Å². The van der Waals surface area contributed by atoms with Gasteiger partial charge in [-0.05, 0) is 39.2 Å². The van der Waals surface area contributed by atoms with Gasteiger partial charge in [-0.15, -0.1) is 0 Å². The van der Waals surface area contributed by atoms with E-state index in [4.69, 9.17) is 4.42 Å². The molecule has 0 radical (unpaired) electrons. The fraction of sp³-hybridized carbons (Fsp3) is 0. The fourth-order valence-corrected chi connectivity index (χ4v) is 4.37. The third kappa shape index (κ3) is 2.84. The lowest BCUT2D eigenvalue weighted by Gasteiger charge is -2.06. The van der Waals surface area contributed by atoms with Crippen molar-refractivity contribution < 1.29 is 9.21 Å². The first-order valence-electron chi connectivity index (χ1n) is 10.3. The van der Waals surface area contributed by atoms with Crippen LogP contribution in [0.4, 0.5) is 0 Å². The van der Waals surface area contributed by atoms with Crippen LogP contribution in [0.5, 0.6) is 0 Å². The van der Waals surface area contributed by atoms with Gasteiger partial charge in [0.15, 0.2) is 5.76 Å². The molecule has 2 heteroatoms. The molecule has 0 amide bonds. The second-order valence-corrected chi connectivity index (χ2v) is 7.72. The van der Waals surface area contributed by atoms with Gasteiger partial charge in [0.25, 0.3) is 0 Å². The van der Waals surface area contributed by atoms with E-state index >= 15 is 0 Å². The lowest BCUT2D eigenvalue weighted by Crippen LogP contribution is -2.01. The molecule has 0 aliphatic rings. The zero-order valence-electron chi connectivity index (χ0n) is 16.7. The molecule has 5 aromatic carbocycles. The first-order chi connectivity index (χ1) is 15.3. The average molecular weight is 398 g/mol. The molecule has 0 bridgehead atoms. The quantitative estimate of drug-likeness (QED) is 0.287. The first kappa shape index (κ1) is 17.7. The molecule has 1 aromatic heterocycles. The van der Waals surface area contributed by atoms with Crippen molar-refractivity contribution in [3.8, 4) is 11.1 Å². The van der Waals surface area contributed by atoms with E-state index in [2.05, 4.69) is 12.1 Å². The molecule has 0 saturated carbocycles. The fourth-order valence-electron chi connectivity index (χ4n) is 4.37. The molecule has 2 nitrogen and oxygen atoms in total. The maximum absolute atomic E-state index is 13.7. The number of furan rings is 1. The van der Waals surface area contributed by atoms with Crippen LogP contribution in [-0.2, 0) is 0 Å². The zero-order chi connectivity index (χ0) is 20.8. The second-order valence-electron chi connectivity index (χ2n) is 7.72. The molecule has 0 atom stereocenters. The van der Waals surface area contributed by atoms with Gasteiger partial charge < -0.3 is 4.42 Å². The molecule has 0 aliphatic carbocycles. The standard InChI is InChI=1S/C29H18O2/c30-28(23-15-14-19-8-4-5-12-22(19)18-23)29-26(21-10-2-1-3-11-21)27-24-13-7-6-9-20(24)16-17-25(27)31-29/h1-18H. The molecule has 0 unspecified atom stereocenters. The predicted octanol–water partition coefficient (Wildman–Crippen LogP) is 7.64. The lowest BCUT2D eigenvalue weighted by molar-refractivity contribution is 0.101. The van der Waals surface area contributed by atoms with Crippen molar-refractivity contribution in [2.75, 3.05) is 0 Å². The van der Waals surface area contributed by atoms with E-state index in [9.17, 15) is 4.79 Å². The van der Waals surface area contributed by atoms with Crippen molar-refractivity contribution in [3.05, 3.63) is 121 Å². The molecule has 0 fully saturated rings. The molecule has 146 valence electrons. The van der Waals surface area contributed by atoms with E-state index in [-0.39, 0.29) is 5.78 Å². The zero-order valence-corrected chi connectivity index (χ0v) is 16.7. The summed E-state index contributed by atoms with van der Waals surface area (Å²) in [5, 5.41) is 5.33. The number of benzene rings is 5. The van der Waals surface area contributed by atoms with Gasteiger partial charge in [-0.1, -0.05) is 97.1 Å². The van der Waals surface area contributed by atoms with Crippen LogP contribution in [0.25, 0.3) is 43.6 Å². The first-order valence-corrected chi connectivity index (χ1v) is 10.3. The summed E-state index contributed by atoms with van der Waals surface area (Å²) in [5.74, 6) is 0.276. The SMILES string of the molecule is O=C(c1ccc2ccccc2c1)c1oc2ccc3ccccc3c2c1-c1ccccc1. The average Bonchev–Trinajstić information content (AvgIpc) is 3.24. The minimum Gasteiger partial charge on any atom is -0.452 e. The van der Waals surface area contributed by atoms with Gasteiger partial charge in [0, 0.05) is 16.5 Å². The molecule has 6 rings (SSSR count). The van der Waals surface area contributed by atoms with Crippen LogP contribution in [0.2, 0.25) is 0 Å². The van der Waals surface area contributed by atoms with Crippen LogP contribution >= 0.6 is 0 Å². The van der Waals surface area contributed by atoms with Crippen LogP contribution in [0.1, 0.15) is 16.1 Å². The van der Waals surface area contributed by atoms with E-state index in [1.54, 1.807) is 0 Å². The van der Waals surface area contributed by atoms with E-state index in [1.165, 1.54) is 0 Å². The van der Waals surface area contributed by atoms with Crippen LogP contribution < -0.4 is 0 Å². The summed E-state index contributed by atoms with van der Waals surface area (Å²) in [4.78, 5) is 13.7. The molecule has 0 N–H and O–H groups in total. The highest BCUT2D eigenvalue weighted by atomic mass is 16.3. The lowest BCUT2D eigenvalue weighted by atomic mass is 9.94. The maximum atomic E-state index is 13.7. The Morgan fingerprint density at radius 2 is 1.29 bits per heavy atom. The Labute approximate surface area is 179 Å². The molecule has 31 heavy (non-hydrogen) atoms. The molecule has 0 spiro atoms. The number of hydrogen-bond donors (Lipinski definition) is 0. The van der Waals surface area contributed by atoms with Crippen LogP contribution in [0, 0.1) is 0 Å². The number of carbonyl (C=O) groups is 1. The summed E-state index contributed by atoms with van der Waals surface area (Å²) in [7, 11) is 0. The third-order valence-corrected chi connectivity index (χ3v) is 5.86. The van der Waals surface area contributed by atoms with Crippen molar-refractivity contribution in [2.45, 2.75) is 0 Å². The minimum absolute atomic E-state index is 0.107. The van der Waals surface area contributed by atoms with Crippen molar-refractivity contribution in [2.24, 2.45) is 0 Å². The van der Waals surface area contributed by atoms with Gasteiger partial charge in [-0.2, -0.15) is 0 Å². The Hall–Kier alpha value is -4.17. The highest BCUT2D eigenvalue weighted by molar-refractivity contribution is 6.21. The number of hydrogen-bond acceptors (Lipinski definition) is 2. The van der Waals surface area contributed by atoms with Gasteiger partial charge in [-0.3, -0.25) is 4.79 Å². The van der Waals surface area contributed by atoms with Crippen LogP contribution in [0.15, 0.2) is 114 Å². The van der Waals surface area contributed by atoms with Gasteiger partial charge in [0.05, 0.1) is 0 Å². The number of fused-ring (bicyclic) bond motifs is 4. The number of ketones is 1. The predicted molar refractivity (Wildman–Crippen MR) is 127 cm³/mol. The third-order valence-electron chi connectivity index (χ3n) is 5.86. The molecule has 6 aromatic rings. The molecule has 1 heterocycles. The summed E-state index contributed by atoms with van der Waals surface area (Å²) in [6.07, 6.45) is 0. The van der Waals surface area contributed by atoms with E-state index in [0.29, 0.717) is 11.3 Å². The molecule has 0 aliphatic heterocycles. The van der Waals surface area contributed by atoms with Crippen LogP contribution in [0.3, 0.4) is 0 Å². The summed E-state index contributed by atoms with van der Waals surface area (Å²) < 4.78 is 6.24. The van der Waals surface area contributed by atoms with Gasteiger partial charge in [0.1, 0.15) is 5.58 Å². The Bertz CT molecular complexity index is 1590. The topological polar surface area (TPSA) is 30.2 Å². The number of rotatable bonds is 3.